The van der Waals surface area contributed by atoms with E-state index in [9.17, 15) is 14.9 Å². The van der Waals surface area contributed by atoms with Crippen molar-refractivity contribution in [3.8, 4) is 0 Å². The van der Waals surface area contributed by atoms with Crippen LogP contribution >= 0.6 is 0 Å². The summed E-state index contributed by atoms with van der Waals surface area (Å²) in [4.78, 5) is 32.8. The first-order valence-corrected chi connectivity index (χ1v) is 9.34. The van der Waals surface area contributed by atoms with Crippen molar-refractivity contribution >= 4 is 23.3 Å². The molecule has 8 heteroatoms. The van der Waals surface area contributed by atoms with Crippen molar-refractivity contribution in [3.05, 3.63) is 51.2 Å². The van der Waals surface area contributed by atoms with Gasteiger partial charge in [0.1, 0.15) is 12.5 Å². The molecule has 0 aliphatic carbocycles. The van der Waals surface area contributed by atoms with Crippen LogP contribution in [0.2, 0.25) is 0 Å². The molecule has 2 aliphatic heterocycles. The van der Waals surface area contributed by atoms with Crippen LogP contribution in [0.3, 0.4) is 0 Å². The highest BCUT2D eigenvalue weighted by molar-refractivity contribution is 6.08. The van der Waals surface area contributed by atoms with E-state index in [0.29, 0.717) is 42.3 Å². The van der Waals surface area contributed by atoms with Gasteiger partial charge in [0.2, 0.25) is 5.90 Å². The van der Waals surface area contributed by atoms with Gasteiger partial charge in [0.15, 0.2) is 0 Å². The molecule has 2 unspecified atom stereocenters. The third-order valence-electron chi connectivity index (χ3n) is 4.85. The number of ether oxygens (including phenoxy) is 2. The largest absolute Gasteiger partial charge is 0.476 e. The van der Waals surface area contributed by atoms with Crippen LogP contribution in [0.15, 0.2) is 45.5 Å². The molecule has 0 N–H and O–H groups in total. The second-order valence-corrected chi connectivity index (χ2v) is 6.56. The molecule has 2 atom stereocenters. The Morgan fingerprint density at radius 2 is 2.18 bits per heavy atom. The average molecular weight is 385 g/mol. The second kappa shape index (κ2) is 8.33. The van der Waals surface area contributed by atoms with Crippen LogP contribution in [-0.4, -0.2) is 42.3 Å². The van der Waals surface area contributed by atoms with Crippen LogP contribution in [0.25, 0.3) is 0 Å². The molecule has 0 aromatic heterocycles. The smallest absolute Gasteiger partial charge is 0.315 e. The van der Waals surface area contributed by atoms with Crippen LogP contribution in [-0.2, 0) is 14.3 Å². The Labute approximate surface area is 163 Å². The minimum atomic E-state index is -0.695. The molecule has 8 nitrogen and oxygen atoms in total. The first-order chi connectivity index (χ1) is 13.5. The van der Waals surface area contributed by atoms with Crippen LogP contribution in [0.4, 0.5) is 5.69 Å². The van der Waals surface area contributed by atoms with Gasteiger partial charge >= 0.3 is 5.97 Å². The fraction of sp³-hybridized carbons (Fsp3) is 0.450. The summed E-state index contributed by atoms with van der Waals surface area (Å²) in [6, 6.07) is 6.33. The van der Waals surface area contributed by atoms with Crippen LogP contribution in [0.5, 0.6) is 0 Å². The highest BCUT2D eigenvalue weighted by atomic mass is 16.6. The van der Waals surface area contributed by atoms with Gasteiger partial charge in [0, 0.05) is 35.0 Å². The predicted molar refractivity (Wildman–Crippen MR) is 105 cm³/mol. The molecule has 148 valence electrons. The Morgan fingerprint density at radius 3 is 2.79 bits per heavy atom. The zero-order valence-electron chi connectivity index (χ0n) is 16.2. The number of esters is 1. The van der Waals surface area contributed by atoms with Crippen molar-refractivity contribution in [2.24, 2.45) is 15.9 Å². The summed E-state index contributed by atoms with van der Waals surface area (Å²) in [5.74, 6) is -1.16. The van der Waals surface area contributed by atoms with E-state index < -0.39 is 22.7 Å². The van der Waals surface area contributed by atoms with E-state index in [1.807, 2.05) is 6.92 Å². The molecular weight excluding hydrogens is 362 g/mol. The standard InChI is InChI=1S/C20H23N3O5/c1-4-15-18(19-21-9-10-28-19)17(13-7-6-8-14(11-13)23(25)26)16(12(3)22-15)20(24)27-5-2/h6-8,11,16-17H,4-5,9-10H2,1-3H3. The third-order valence-corrected chi connectivity index (χ3v) is 4.85. The summed E-state index contributed by atoms with van der Waals surface area (Å²) in [5, 5.41) is 11.3. The summed E-state index contributed by atoms with van der Waals surface area (Å²) in [7, 11) is 0. The molecule has 0 amide bonds. The van der Waals surface area contributed by atoms with Crippen molar-refractivity contribution < 1.29 is 19.2 Å². The van der Waals surface area contributed by atoms with Crippen molar-refractivity contribution in [3.63, 3.8) is 0 Å². The summed E-state index contributed by atoms with van der Waals surface area (Å²) < 4.78 is 11.0. The van der Waals surface area contributed by atoms with Crippen LogP contribution in [0, 0.1) is 16.0 Å². The summed E-state index contributed by atoms with van der Waals surface area (Å²) in [6.45, 7) is 6.73. The van der Waals surface area contributed by atoms with Crippen LogP contribution in [0.1, 0.15) is 38.7 Å². The molecular formula is C20H23N3O5. The van der Waals surface area contributed by atoms with Crippen molar-refractivity contribution in [1.82, 2.24) is 0 Å². The van der Waals surface area contributed by atoms with Gasteiger partial charge in [-0.25, -0.2) is 4.99 Å². The zero-order valence-corrected chi connectivity index (χ0v) is 16.2. The maximum atomic E-state index is 12.8. The van der Waals surface area contributed by atoms with Gasteiger partial charge in [-0.05, 0) is 25.8 Å². The van der Waals surface area contributed by atoms with Gasteiger partial charge in [0.05, 0.1) is 18.1 Å². The number of nitro benzene ring substituents is 1. The number of nitrogens with zero attached hydrogens (tertiary/aromatic N) is 3. The van der Waals surface area contributed by atoms with Crippen molar-refractivity contribution in [1.29, 1.82) is 0 Å². The minimum Gasteiger partial charge on any atom is -0.476 e. The summed E-state index contributed by atoms with van der Waals surface area (Å²) in [6.07, 6.45) is 0.621. The molecule has 28 heavy (non-hydrogen) atoms. The van der Waals surface area contributed by atoms with Gasteiger partial charge in [0.25, 0.3) is 5.69 Å². The van der Waals surface area contributed by atoms with E-state index in [1.165, 1.54) is 12.1 Å². The first kappa shape index (κ1) is 19.7. The lowest BCUT2D eigenvalue weighted by atomic mass is 9.75. The molecule has 0 radical (unpaired) electrons. The molecule has 0 saturated carbocycles. The molecule has 3 rings (SSSR count). The number of carbonyl (C=O) groups is 1. The summed E-state index contributed by atoms with van der Waals surface area (Å²) in [5.41, 5.74) is 2.71. The Bertz CT molecular complexity index is 888. The Hall–Kier alpha value is -3.03. The number of hydrogen-bond acceptors (Lipinski definition) is 7. The number of non-ortho nitro benzene ring substituents is 1. The SMILES string of the molecule is CCOC(=O)C1C(C)=NC(CC)=C(C2=NCCO2)C1c1cccc([N+](=O)[O-])c1. The van der Waals surface area contributed by atoms with E-state index in [2.05, 4.69) is 9.98 Å². The molecule has 1 aromatic rings. The number of rotatable bonds is 6. The topological polar surface area (TPSA) is 103 Å². The van der Waals surface area contributed by atoms with Gasteiger partial charge in [-0.15, -0.1) is 0 Å². The highest BCUT2D eigenvalue weighted by Gasteiger charge is 2.42. The lowest BCUT2D eigenvalue weighted by Gasteiger charge is -2.32. The molecule has 0 bridgehead atoms. The van der Waals surface area contributed by atoms with Crippen LogP contribution < -0.4 is 0 Å². The molecule has 0 fully saturated rings. The number of allylic oxidation sites excluding steroid dienone is 1. The lowest BCUT2D eigenvalue weighted by molar-refractivity contribution is -0.384. The average Bonchev–Trinajstić information content (AvgIpc) is 3.21. The highest BCUT2D eigenvalue weighted by Crippen LogP contribution is 2.42. The Morgan fingerprint density at radius 1 is 1.39 bits per heavy atom. The van der Waals surface area contributed by atoms with Gasteiger partial charge in [-0.1, -0.05) is 19.1 Å². The quantitative estimate of drug-likeness (QED) is 0.424. The Kier molecular flexibility index (Phi) is 5.87. The number of hydrogen-bond donors (Lipinski definition) is 0. The van der Waals surface area contributed by atoms with E-state index in [4.69, 9.17) is 9.47 Å². The van der Waals surface area contributed by atoms with Gasteiger partial charge in [-0.3, -0.25) is 19.9 Å². The second-order valence-electron chi connectivity index (χ2n) is 6.56. The molecule has 2 aliphatic rings. The van der Waals surface area contributed by atoms with Crippen molar-refractivity contribution in [2.45, 2.75) is 33.1 Å². The summed E-state index contributed by atoms with van der Waals surface area (Å²) >= 11 is 0. The minimum absolute atomic E-state index is 0.0352. The number of aliphatic imine (C=N–C) groups is 2. The van der Waals surface area contributed by atoms with E-state index in [0.717, 1.165) is 5.70 Å². The number of carbonyl (C=O) groups excluding carboxylic acids is 1. The van der Waals surface area contributed by atoms with Gasteiger partial charge < -0.3 is 9.47 Å². The molecule has 0 spiro atoms. The maximum Gasteiger partial charge on any atom is 0.315 e. The fourth-order valence-corrected chi connectivity index (χ4v) is 3.68. The fourth-order valence-electron chi connectivity index (χ4n) is 3.68. The Balaban J connectivity index is 2.21. The first-order valence-electron chi connectivity index (χ1n) is 9.34. The lowest BCUT2D eigenvalue weighted by Crippen LogP contribution is -2.36. The molecule has 2 heterocycles. The zero-order chi connectivity index (χ0) is 20.3. The maximum absolute atomic E-state index is 12.8. The van der Waals surface area contributed by atoms with E-state index in [1.54, 1.807) is 26.0 Å². The predicted octanol–water partition coefficient (Wildman–Crippen LogP) is 3.43. The molecule has 1 aromatic carbocycles. The van der Waals surface area contributed by atoms with E-state index in [-0.39, 0.29) is 12.3 Å². The number of nitro groups is 1. The number of benzene rings is 1. The normalized spacial score (nSPS) is 21.7. The van der Waals surface area contributed by atoms with E-state index >= 15 is 0 Å². The monoisotopic (exact) mass is 385 g/mol. The third kappa shape index (κ3) is 3.67. The van der Waals surface area contributed by atoms with Crippen molar-refractivity contribution in [2.75, 3.05) is 19.8 Å². The molecule has 0 saturated heterocycles. The van der Waals surface area contributed by atoms with Gasteiger partial charge in [-0.2, -0.15) is 0 Å².